The Labute approximate surface area is 93.1 Å². The number of aliphatic hydroxyl groups excluding tert-OH is 2. The van der Waals surface area contributed by atoms with E-state index in [0.29, 0.717) is 0 Å². The molecule has 0 radical (unpaired) electrons. The van der Waals surface area contributed by atoms with Crippen molar-refractivity contribution in [2.75, 3.05) is 0 Å². The van der Waals surface area contributed by atoms with Gasteiger partial charge < -0.3 is 24.4 Å². The highest BCUT2D eigenvalue weighted by atomic mass is 16.8. The Hall–Kier alpha value is -0.530. The molecule has 5 atom stereocenters. The van der Waals surface area contributed by atoms with Gasteiger partial charge in [-0.3, -0.25) is 4.79 Å². The molecule has 0 aromatic rings. The third kappa shape index (κ3) is 1.87. The van der Waals surface area contributed by atoms with Crippen LogP contribution in [0.25, 0.3) is 0 Å². The minimum absolute atomic E-state index is 0.563. The lowest BCUT2D eigenvalue weighted by Crippen LogP contribution is -2.42. The van der Waals surface area contributed by atoms with E-state index >= 15 is 0 Å². The zero-order chi connectivity index (χ0) is 12.1. The topological polar surface area (TPSA) is 85.2 Å². The van der Waals surface area contributed by atoms with Crippen molar-refractivity contribution >= 4 is 5.78 Å². The maximum atomic E-state index is 11.5. The first-order chi connectivity index (χ1) is 7.32. The van der Waals surface area contributed by atoms with Gasteiger partial charge >= 0.3 is 0 Å². The molecule has 0 saturated carbocycles. The Morgan fingerprint density at radius 2 is 2.00 bits per heavy atom. The van der Waals surface area contributed by atoms with Gasteiger partial charge in [-0.1, -0.05) is 0 Å². The highest BCUT2D eigenvalue weighted by Crippen LogP contribution is 2.37. The van der Waals surface area contributed by atoms with E-state index in [4.69, 9.17) is 19.3 Å². The molecule has 2 unspecified atom stereocenters. The molecule has 6 nitrogen and oxygen atoms in total. The molecule has 2 heterocycles. The van der Waals surface area contributed by atoms with Gasteiger partial charge in [-0.15, -0.1) is 0 Å². The van der Waals surface area contributed by atoms with Crippen LogP contribution in [0.1, 0.15) is 20.8 Å². The molecule has 2 rings (SSSR count). The molecule has 2 N–H and O–H groups in total. The zero-order valence-electron chi connectivity index (χ0n) is 9.41. The number of carbonyl (C=O) groups excluding carboxylic acids is 1. The number of ether oxygens (including phenoxy) is 3. The van der Waals surface area contributed by atoms with E-state index in [1.807, 2.05) is 0 Å². The molecule has 2 aliphatic heterocycles. The average Bonchev–Trinajstić information content (AvgIpc) is 2.60. The lowest BCUT2D eigenvalue weighted by Gasteiger charge is -2.22. The molecule has 0 bridgehead atoms. The van der Waals surface area contributed by atoms with Crippen molar-refractivity contribution in [2.45, 2.75) is 57.3 Å². The van der Waals surface area contributed by atoms with Crippen LogP contribution in [0.5, 0.6) is 0 Å². The van der Waals surface area contributed by atoms with Gasteiger partial charge in [-0.2, -0.15) is 0 Å². The molecule has 2 fully saturated rings. The van der Waals surface area contributed by atoms with Gasteiger partial charge in [0.1, 0.15) is 18.3 Å². The number of ketones is 1. The van der Waals surface area contributed by atoms with Crippen LogP contribution >= 0.6 is 0 Å². The SMILES string of the molecule is CC(O)C(=O)[C@H]1OC2OC(C)(C)O[C@@H]2[C@H]1O. The third-order valence-electron chi connectivity index (χ3n) is 2.71. The molecule has 6 heteroatoms. The lowest BCUT2D eigenvalue weighted by molar-refractivity contribution is -0.215. The minimum Gasteiger partial charge on any atom is -0.387 e. The Balaban J connectivity index is 2.08. The van der Waals surface area contributed by atoms with E-state index < -0.39 is 42.3 Å². The molecule has 92 valence electrons. The molecule has 0 aromatic carbocycles. The third-order valence-corrected chi connectivity index (χ3v) is 2.71. The van der Waals surface area contributed by atoms with Crippen LogP contribution in [0.2, 0.25) is 0 Å². The second kappa shape index (κ2) is 3.75. The normalized spacial score (nSPS) is 43.1. The van der Waals surface area contributed by atoms with Gasteiger partial charge in [0.15, 0.2) is 24.0 Å². The van der Waals surface area contributed by atoms with E-state index in [9.17, 15) is 9.90 Å². The van der Waals surface area contributed by atoms with E-state index in [-0.39, 0.29) is 0 Å². The Bertz CT molecular complexity index is 300. The maximum absolute atomic E-state index is 11.5. The molecular weight excluding hydrogens is 216 g/mol. The zero-order valence-corrected chi connectivity index (χ0v) is 9.41. The fourth-order valence-electron chi connectivity index (χ4n) is 1.96. The molecule has 16 heavy (non-hydrogen) atoms. The summed E-state index contributed by atoms with van der Waals surface area (Å²) in [6, 6.07) is 0. The Morgan fingerprint density at radius 1 is 1.38 bits per heavy atom. The summed E-state index contributed by atoms with van der Waals surface area (Å²) in [6.45, 7) is 4.73. The summed E-state index contributed by atoms with van der Waals surface area (Å²) in [5, 5.41) is 19.0. The summed E-state index contributed by atoms with van der Waals surface area (Å²) >= 11 is 0. The van der Waals surface area contributed by atoms with Crippen LogP contribution in [0.3, 0.4) is 0 Å². The maximum Gasteiger partial charge on any atom is 0.192 e. The predicted molar refractivity (Wildman–Crippen MR) is 51.4 cm³/mol. The summed E-state index contributed by atoms with van der Waals surface area (Å²) in [5.74, 6) is -1.39. The van der Waals surface area contributed by atoms with Crippen LogP contribution in [0.4, 0.5) is 0 Å². The van der Waals surface area contributed by atoms with Crippen molar-refractivity contribution in [3.63, 3.8) is 0 Å². The van der Waals surface area contributed by atoms with Gasteiger partial charge in [-0.05, 0) is 20.8 Å². The van der Waals surface area contributed by atoms with Crippen molar-refractivity contribution in [1.29, 1.82) is 0 Å². The lowest BCUT2D eigenvalue weighted by atomic mass is 10.0. The fraction of sp³-hybridized carbons (Fsp3) is 0.900. The van der Waals surface area contributed by atoms with E-state index in [1.54, 1.807) is 13.8 Å². The molecular formula is C10H16O6. The van der Waals surface area contributed by atoms with Crippen LogP contribution in [0, 0.1) is 0 Å². The Morgan fingerprint density at radius 3 is 2.50 bits per heavy atom. The summed E-state index contributed by atoms with van der Waals surface area (Å²) < 4.78 is 16.0. The van der Waals surface area contributed by atoms with Crippen LogP contribution < -0.4 is 0 Å². The fourth-order valence-corrected chi connectivity index (χ4v) is 1.96. The van der Waals surface area contributed by atoms with Crippen molar-refractivity contribution in [3.8, 4) is 0 Å². The molecule has 2 aliphatic rings. The first-order valence-corrected chi connectivity index (χ1v) is 5.23. The second-order valence-corrected chi connectivity index (χ2v) is 4.59. The van der Waals surface area contributed by atoms with Gasteiger partial charge in [0, 0.05) is 0 Å². The number of carbonyl (C=O) groups is 1. The molecule has 0 aliphatic carbocycles. The highest BCUT2D eigenvalue weighted by molar-refractivity contribution is 5.87. The van der Waals surface area contributed by atoms with Gasteiger partial charge in [0.25, 0.3) is 0 Å². The minimum atomic E-state index is -1.17. The summed E-state index contributed by atoms with van der Waals surface area (Å²) in [7, 11) is 0. The molecule has 0 spiro atoms. The largest absolute Gasteiger partial charge is 0.387 e. The summed E-state index contributed by atoms with van der Waals surface area (Å²) in [4.78, 5) is 11.5. The van der Waals surface area contributed by atoms with E-state index in [2.05, 4.69) is 0 Å². The van der Waals surface area contributed by atoms with Crippen LogP contribution in [-0.2, 0) is 19.0 Å². The number of aliphatic hydroxyl groups is 2. The number of fused-ring (bicyclic) bond motifs is 1. The molecule has 0 aromatic heterocycles. The average molecular weight is 232 g/mol. The van der Waals surface area contributed by atoms with E-state index in [1.165, 1.54) is 6.92 Å². The number of hydrogen-bond donors (Lipinski definition) is 2. The molecule has 2 saturated heterocycles. The van der Waals surface area contributed by atoms with Gasteiger partial charge in [-0.25, -0.2) is 0 Å². The molecule has 0 amide bonds. The first-order valence-electron chi connectivity index (χ1n) is 5.23. The quantitative estimate of drug-likeness (QED) is 0.646. The van der Waals surface area contributed by atoms with Crippen LogP contribution in [0.15, 0.2) is 0 Å². The van der Waals surface area contributed by atoms with Gasteiger partial charge in [0.2, 0.25) is 0 Å². The van der Waals surface area contributed by atoms with Crippen LogP contribution in [-0.4, -0.2) is 52.5 Å². The summed E-state index contributed by atoms with van der Waals surface area (Å²) in [6.07, 6.45) is -4.79. The standard InChI is InChI=1S/C10H16O6/c1-4(11)5(12)7-6(13)8-9(14-7)16-10(2,3)15-8/h4,6-9,11,13H,1-3H3/t4?,6-,7+,8+,9?/m0/s1. The second-order valence-electron chi connectivity index (χ2n) is 4.59. The number of rotatable bonds is 2. The van der Waals surface area contributed by atoms with E-state index in [0.717, 1.165) is 0 Å². The Kier molecular flexibility index (Phi) is 2.80. The van der Waals surface area contributed by atoms with Crippen molar-refractivity contribution < 1.29 is 29.2 Å². The monoisotopic (exact) mass is 232 g/mol. The number of hydrogen-bond acceptors (Lipinski definition) is 6. The number of Topliss-reactive ketones (excluding diaryl/α,β-unsaturated/α-hetero) is 1. The highest BCUT2D eigenvalue weighted by Gasteiger charge is 2.56. The van der Waals surface area contributed by atoms with Gasteiger partial charge in [0.05, 0.1) is 0 Å². The smallest absolute Gasteiger partial charge is 0.192 e. The van der Waals surface area contributed by atoms with Crippen molar-refractivity contribution in [3.05, 3.63) is 0 Å². The summed E-state index contributed by atoms with van der Waals surface area (Å²) in [5.41, 5.74) is 0. The first kappa shape index (κ1) is 11.9. The van der Waals surface area contributed by atoms with Crippen molar-refractivity contribution in [1.82, 2.24) is 0 Å². The predicted octanol–water partition coefficient (Wildman–Crippen LogP) is -0.826. The van der Waals surface area contributed by atoms with Crippen molar-refractivity contribution in [2.24, 2.45) is 0 Å².